The topological polar surface area (TPSA) is 37.3 Å². The van der Waals surface area contributed by atoms with Gasteiger partial charge in [0.15, 0.2) is 0 Å². The first-order valence-corrected chi connectivity index (χ1v) is 6.30. The molecule has 1 heterocycles. The van der Waals surface area contributed by atoms with Crippen molar-refractivity contribution in [1.82, 2.24) is 0 Å². The quantitative estimate of drug-likeness (QED) is 0.758. The van der Waals surface area contributed by atoms with E-state index in [4.69, 9.17) is 0 Å². The predicted molar refractivity (Wildman–Crippen MR) is 69.5 cm³/mol. The van der Waals surface area contributed by atoms with Gasteiger partial charge >= 0.3 is 0 Å². The van der Waals surface area contributed by atoms with Gasteiger partial charge < -0.3 is 5.11 Å². The summed E-state index contributed by atoms with van der Waals surface area (Å²) in [6.45, 7) is 9.48. The van der Waals surface area contributed by atoms with E-state index < -0.39 is 4.75 Å². The zero-order valence-electron chi connectivity index (χ0n) is 10.0. The Morgan fingerprint density at radius 3 is 2.56 bits per heavy atom. The smallest absolute Gasteiger partial charge is 0.220 e. The van der Waals surface area contributed by atoms with E-state index >= 15 is 0 Å². The van der Waals surface area contributed by atoms with Gasteiger partial charge in [0.05, 0.1) is 4.75 Å². The van der Waals surface area contributed by atoms with E-state index in [1.54, 1.807) is 6.08 Å². The van der Waals surface area contributed by atoms with Gasteiger partial charge in [0.2, 0.25) is 5.12 Å². The lowest BCUT2D eigenvalue weighted by molar-refractivity contribution is -0.107. The highest BCUT2D eigenvalue weighted by molar-refractivity contribution is 8.16. The monoisotopic (exact) mass is 238 g/mol. The molecule has 88 valence electrons. The number of hydrogen-bond donors (Lipinski definition) is 1. The average molecular weight is 238 g/mol. The van der Waals surface area contributed by atoms with Crippen LogP contribution in [0.4, 0.5) is 0 Å². The van der Waals surface area contributed by atoms with Crippen LogP contribution in [0.5, 0.6) is 0 Å². The average Bonchev–Trinajstić information content (AvgIpc) is 2.50. The Morgan fingerprint density at radius 1 is 1.56 bits per heavy atom. The summed E-state index contributed by atoms with van der Waals surface area (Å²) in [5.74, 6) is 0.230. The minimum absolute atomic E-state index is 0.00466. The third-order valence-electron chi connectivity index (χ3n) is 2.87. The zero-order chi connectivity index (χ0) is 12.3. The molecule has 0 aromatic rings. The molecule has 0 aliphatic carbocycles. The number of aliphatic hydroxyl groups excluding tert-OH is 1. The summed E-state index contributed by atoms with van der Waals surface area (Å²) in [7, 11) is 0. The van der Waals surface area contributed by atoms with Crippen molar-refractivity contribution in [2.75, 3.05) is 0 Å². The van der Waals surface area contributed by atoms with Gasteiger partial charge in [-0.15, -0.1) is 0 Å². The molecule has 1 atom stereocenters. The molecule has 3 heteroatoms. The van der Waals surface area contributed by atoms with Crippen molar-refractivity contribution in [2.24, 2.45) is 0 Å². The maximum absolute atomic E-state index is 11.8. The van der Waals surface area contributed by atoms with E-state index in [1.165, 1.54) is 11.8 Å². The number of carbonyl (C=O) groups is 1. The van der Waals surface area contributed by atoms with Crippen LogP contribution < -0.4 is 0 Å². The Labute approximate surface area is 101 Å². The van der Waals surface area contributed by atoms with E-state index in [2.05, 4.69) is 6.58 Å². The SMILES string of the molecule is C=CC(C)=CC1(CC)SC(=O)C(CC)=C1O. The first kappa shape index (κ1) is 13.1. The summed E-state index contributed by atoms with van der Waals surface area (Å²) < 4.78 is -0.569. The van der Waals surface area contributed by atoms with Crippen molar-refractivity contribution in [1.29, 1.82) is 0 Å². The van der Waals surface area contributed by atoms with Gasteiger partial charge in [-0.2, -0.15) is 0 Å². The second-order valence-corrected chi connectivity index (χ2v) is 5.21. The summed E-state index contributed by atoms with van der Waals surface area (Å²) in [6, 6.07) is 0. The minimum Gasteiger partial charge on any atom is -0.510 e. The molecule has 0 spiro atoms. The molecule has 0 saturated carbocycles. The maximum Gasteiger partial charge on any atom is 0.220 e. The largest absolute Gasteiger partial charge is 0.510 e. The normalized spacial score (nSPS) is 26.4. The molecule has 0 saturated heterocycles. The fraction of sp³-hybridized carbons (Fsp3) is 0.462. The zero-order valence-corrected chi connectivity index (χ0v) is 10.9. The Kier molecular flexibility index (Phi) is 4.03. The second-order valence-electron chi connectivity index (χ2n) is 3.91. The number of carbonyl (C=O) groups excluding carboxylic acids is 1. The van der Waals surface area contributed by atoms with Crippen molar-refractivity contribution in [3.63, 3.8) is 0 Å². The lowest BCUT2D eigenvalue weighted by Gasteiger charge is -2.22. The molecule has 1 aliphatic heterocycles. The van der Waals surface area contributed by atoms with Crippen molar-refractivity contribution in [2.45, 2.75) is 38.4 Å². The maximum atomic E-state index is 11.8. The third-order valence-corrected chi connectivity index (χ3v) is 4.27. The number of allylic oxidation sites excluding steroid dienone is 2. The van der Waals surface area contributed by atoms with E-state index in [-0.39, 0.29) is 10.9 Å². The molecular formula is C13H18O2S. The highest BCUT2D eigenvalue weighted by Crippen LogP contribution is 2.47. The van der Waals surface area contributed by atoms with Gasteiger partial charge in [-0.1, -0.05) is 49.9 Å². The Morgan fingerprint density at radius 2 is 2.19 bits per heavy atom. The number of aliphatic hydroxyl groups is 1. The van der Waals surface area contributed by atoms with Crippen LogP contribution in [-0.2, 0) is 4.79 Å². The van der Waals surface area contributed by atoms with Crippen molar-refractivity contribution < 1.29 is 9.90 Å². The molecule has 1 aliphatic rings. The summed E-state index contributed by atoms with van der Waals surface area (Å²) in [5.41, 5.74) is 1.53. The highest BCUT2D eigenvalue weighted by atomic mass is 32.2. The van der Waals surface area contributed by atoms with E-state index in [0.717, 1.165) is 5.57 Å². The Bertz CT molecular complexity index is 379. The van der Waals surface area contributed by atoms with Gasteiger partial charge in [-0.3, -0.25) is 4.79 Å². The van der Waals surface area contributed by atoms with E-state index in [9.17, 15) is 9.90 Å². The molecule has 0 bridgehead atoms. The van der Waals surface area contributed by atoms with Crippen LogP contribution in [0.1, 0.15) is 33.6 Å². The number of hydrogen-bond acceptors (Lipinski definition) is 3. The molecule has 0 fully saturated rings. The molecule has 1 rings (SSSR count). The summed E-state index contributed by atoms with van der Waals surface area (Å²) in [5, 5.41) is 10.2. The predicted octanol–water partition coefficient (Wildman–Crippen LogP) is 3.76. The van der Waals surface area contributed by atoms with E-state index in [0.29, 0.717) is 18.4 Å². The summed E-state index contributed by atoms with van der Waals surface area (Å²) in [6.07, 6.45) is 4.95. The van der Waals surface area contributed by atoms with Crippen LogP contribution in [0.3, 0.4) is 0 Å². The third kappa shape index (κ3) is 2.09. The van der Waals surface area contributed by atoms with Gasteiger partial charge in [-0.25, -0.2) is 0 Å². The molecule has 2 nitrogen and oxygen atoms in total. The first-order chi connectivity index (χ1) is 7.50. The van der Waals surface area contributed by atoms with Crippen molar-refractivity contribution >= 4 is 16.9 Å². The van der Waals surface area contributed by atoms with Gasteiger partial charge in [0, 0.05) is 5.57 Å². The van der Waals surface area contributed by atoms with Crippen LogP contribution >= 0.6 is 11.8 Å². The fourth-order valence-corrected chi connectivity index (χ4v) is 3.11. The van der Waals surface area contributed by atoms with Crippen LogP contribution in [0, 0.1) is 0 Å². The molecule has 0 aromatic heterocycles. The Balaban J connectivity index is 3.23. The van der Waals surface area contributed by atoms with Crippen LogP contribution in [0.15, 0.2) is 35.6 Å². The van der Waals surface area contributed by atoms with Gasteiger partial charge in [0.1, 0.15) is 5.76 Å². The lowest BCUT2D eigenvalue weighted by Crippen LogP contribution is -2.21. The molecule has 0 radical (unpaired) electrons. The second kappa shape index (κ2) is 4.91. The lowest BCUT2D eigenvalue weighted by atomic mass is 9.96. The van der Waals surface area contributed by atoms with Crippen LogP contribution in [0.25, 0.3) is 0 Å². The standard InChI is InChI=1S/C13H18O2S/c1-5-9(4)8-13(7-3)11(14)10(6-2)12(15)16-13/h5,8,14H,1,6-7H2,2-4H3. The first-order valence-electron chi connectivity index (χ1n) is 5.48. The molecule has 0 aromatic carbocycles. The van der Waals surface area contributed by atoms with Crippen molar-refractivity contribution in [3.05, 3.63) is 35.6 Å². The van der Waals surface area contributed by atoms with Crippen LogP contribution in [0.2, 0.25) is 0 Å². The summed E-state index contributed by atoms with van der Waals surface area (Å²) >= 11 is 1.21. The van der Waals surface area contributed by atoms with Crippen LogP contribution in [-0.4, -0.2) is 15.0 Å². The van der Waals surface area contributed by atoms with E-state index in [1.807, 2.05) is 26.8 Å². The summed E-state index contributed by atoms with van der Waals surface area (Å²) in [4.78, 5) is 11.8. The highest BCUT2D eigenvalue weighted by Gasteiger charge is 2.43. The molecule has 16 heavy (non-hydrogen) atoms. The minimum atomic E-state index is -0.569. The van der Waals surface area contributed by atoms with Gasteiger partial charge in [-0.05, 0) is 19.8 Å². The molecular weight excluding hydrogens is 220 g/mol. The molecule has 1 unspecified atom stereocenters. The fourth-order valence-electron chi connectivity index (χ4n) is 1.81. The number of rotatable bonds is 4. The number of thioether (sulfide) groups is 1. The van der Waals surface area contributed by atoms with Gasteiger partial charge in [0.25, 0.3) is 0 Å². The Hall–Kier alpha value is -0.960. The molecule has 1 N–H and O–H groups in total. The molecule has 0 amide bonds. The van der Waals surface area contributed by atoms with Crippen molar-refractivity contribution in [3.8, 4) is 0 Å².